The third-order valence-electron chi connectivity index (χ3n) is 6.56. The molecule has 0 fully saturated rings. The van der Waals surface area contributed by atoms with E-state index < -0.39 is 6.04 Å². The van der Waals surface area contributed by atoms with Crippen molar-refractivity contribution in [1.82, 2.24) is 10.2 Å². The van der Waals surface area contributed by atoms with Gasteiger partial charge >= 0.3 is 0 Å². The second-order valence-electron chi connectivity index (χ2n) is 9.86. The number of amides is 2. The van der Waals surface area contributed by atoms with E-state index in [2.05, 4.69) is 42.0 Å². The molecule has 0 radical (unpaired) electrons. The average molecular weight is 596 g/mol. The highest BCUT2D eigenvalue weighted by Gasteiger charge is 2.30. The Labute approximate surface area is 240 Å². The van der Waals surface area contributed by atoms with Gasteiger partial charge in [-0.2, -0.15) is 0 Å². The highest BCUT2D eigenvalue weighted by atomic mass is 79.9. The number of halogens is 1. The van der Waals surface area contributed by atoms with Gasteiger partial charge in [-0.25, -0.2) is 0 Å². The number of carbonyl (C=O) groups excluding carboxylic acids is 2. The van der Waals surface area contributed by atoms with Crippen LogP contribution < -0.4 is 14.8 Å². The molecule has 0 aliphatic rings. The lowest BCUT2D eigenvalue weighted by Crippen LogP contribution is -2.51. The van der Waals surface area contributed by atoms with Crippen molar-refractivity contribution in [3.8, 4) is 11.5 Å². The van der Waals surface area contributed by atoms with Crippen molar-refractivity contribution in [2.45, 2.75) is 58.5 Å². The van der Waals surface area contributed by atoms with E-state index in [1.54, 1.807) is 12.0 Å². The summed E-state index contributed by atoms with van der Waals surface area (Å²) in [7, 11) is 1.61. The number of unbranched alkanes of at least 4 members (excludes halogenated alkanes) is 1. The Balaban J connectivity index is 1.90. The highest BCUT2D eigenvalue weighted by molar-refractivity contribution is 9.10. The summed E-state index contributed by atoms with van der Waals surface area (Å²) in [6.07, 6.45) is 2.23. The molecule has 0 saturated carbocycles. The van der Waals surface area contributed by atoms with Gasteiger partial charge in [-0.3, -0.25) is 9.59 Å². The fourth-order valence-corrected chi connectivity index (χ4v) is 4.75. The van der Waals surface area contributed by atoms with Crippen LogP contribution in [0, 0.1) is 0 Å². The van der Waals surface area contributed by atoms with E-state index >= 15 is 0 Å². The van der Waals surface area contributed by atoms with Crippen molar-refractivity contribution in [2.24, 2.45) is 0 Å². The predicted octanol–water partition coefficient (Wildman–Crippen LogP) is 6.52. The maximum Gasteiger partial charge on any atom is 0.261 e. The molecule has 0 bridgehead atoms. The Morgan fingerprint density at radius 3 is 2.38 bits per heavy atom. The largest absolute Gasteiger partial charge is 0.497 e. The van der Waals surface area contributed by atoms with Crippen LogP contribution in [0.15, 0.2) is 77.3 Å². The van der Waals surface area contributed by atoms with E-state index in [9.17, 15) is 9.59 Å². The molecule has 3 aromatic rings. The molecule has 1 N–H and O–H groups in total. The molecule has 0 aliphatic heterocycles. The first-order valence-corrected chi connectivity index (χ1v) is 14.3. The van der Waals surface area contributed by atoms with Crippen LogP contribution in [0.3, 0.4) is 0 Å². The standard InChI is InChI=1S/C32H39BrN2O4/c1-5-6-17-34-32(37)29(19-24-11-8-7-9-12-24)35(21-25-13-10-14-27(18-25)38-4)31(36)22-39-30-16-15-26(23(2)3)20-28(30)33/h7-16,18,20,23,29H,5-6,17,19,21-22H2,1-4H3,(H,34,37)/t29-/m0/s1. The molecule has 6 nitrogen and oxygen atoms in total. The average Bonchev–Trinajstić information content (AvgIpc) is 2.94. The van der Waals surface area contributed by atoms with Gasteiger partial charge in [0.25, 0.3) is 5.91 Å². The highest BCUT2D eigenvalue weighted by Crippen LogP contribution is 2.29. The second kappa shape index (κ2) is 15.3. The minimum absolute atomic E-state index is 0.175. The van der Waals surface area contributed by atoms with Gasteiger partial charge in [0.2, 0.25) is 5.91 Å². The predicted molar refractivity (Wildman–Crippen MR) is 159 cm³/mol. The molecule has 2 amide bonds. The first kappa shape index (κ1) is 30.2. The zero-order valence-corrected chi connectivity index (χ0v) is 24.9. The molecule has 3 aromatic carbocycles. The number of carbonyl (C=O) groups is 2. The Kier molecular flexibility index (Phi) is 11.9. The molecule has 0 unspecified atom stereocenters. The topological polar surface area (TPSA) is 67.9 Å². The van der Waals surface area contributed by atoms with Gasteiger partial charge in [-0.05, 0) is 69.2 Å². The Hall–Kier alpha value is -3.32. The van der Waals surface area contributed by atoms with E-state index in [-0.39, 0.29) is 25.0 Å². The van der Waals surface area contributed by atoms with Gasteiger partial charge in [0.05, 0.1) is 11.6 Å². The normalized spacial score (nSPS) is 11.6. The van der Waals surface area contributed by atoms with Crippen molar-refractivity contribution in [2.75, 3.05) is 20.3 Å². The summed E-state index contributed by atoms with van der Waals surface area (Å²) < 4.78 is 12.2. The zero-order chi connectivity index (χ0) is 28.2. The number of ether oxygens (including phenoxy) is 2. The van der Waals surface area contributed by atoms with Crippen LogP contribution in [0.1, 0.15) is 56.2 Å². The van der Waals surface area contributed by atoms with E-state index in [0.717, 1.165) is 28.4 Å². The third kappa shape index (κ3) is 9.13. The molecular weight excluding hydrogens is 556 g/mol. The minimum atomic E-state index is -0.710. The molecule has 0 heterocycles. The fraction of sp³-hybridized carbons (Fsp3) is 0.375. The quantitative estimate of drug-likeness (QED) is 0.216. The summed E-state index contributed by atoms with van der Waals surface area (Å²) in [5.41, 5.74) is 3.01. The second-order valence-corrected chi connectivity index (χ2v) is 10.7. The number of rotatable bonds is 14. The molecule has 3 rings (SSSR count). The van der Waals surface area contributed by atoms with Gasteiger partial charge in [0, 0.05) is 19.5 Å². The van der Waals surface area contributed by atoms with Crippen LogP contribution in [-0.2, 0) is 22.6 Å². The van der Waals surface area contributed by atoms with Crippen LogP contribution in [0.2, 0.25) is 0 Å². The Bertz CT molecular complexity index is 1220. The summed E-state index contributed by atoms with van der Waals surface area (Å²) in [6, 6.07) is 22.5. The lowest BCUT2D eigenvalue weighted by Gasteiger charge is -2.31. The Morgan fingerprint density at radius 2 is 1.72 bits per heavy atom. The SMILES string of the molecule is CCCCNC(=O)[C@H](Cc1ccccc1)N(Cc1cccc(OC)c1)C(=O)COc1ccc(C(C)C)cc1Br. The lowest BCUT2D eigenvalue weighted by molar-refractivity contribution is -0.142. The van der Waals surface area contributed by atoms with E-state index in [1.807, 2.05) is 72.8 Å². The Morgan fingerprint density at radius 1 is 0.974 bits per heavy atom. The smallest absolute Gasteiger partial charge is 0.261 e. The fourth-order valence-electron chi connectivity index (χ4n) is 4.24. The van der Waals surface area contributed by atoms with Crippen molar-refractivity contribution in [3.05, 3.63) is 94.0 Å². The van der Waals surface area contributed by atoms with Crippen molar-refractivity contribution < 1.29 is 19.1 Å². The molecule has 0 aromatic heterocycles. The van der Waals surface area contributed by atoms with Gasteiger partial charge < -0.3 is 19.7 Å². The number of benzene rings is 3. The van der Waals surface area contributed by atoms with Crippen LogP contribution in [0.25, 0.3) is 0 Å². The van der Waals surface area contributed by atoms with Crippen molar-refractivity contribution >= 4 is 27.7 Å². The minimum Gasteiger partial charge on any atom is -0.497 e. The monoisotopic (exact) mass is 594 g/mol. The van der Waals surface area contributed by atoms with Crippen LogP contribution in [0.4, 0.5) is 0 Å². The van der Waals surface area contributed by atoms with E-state index in [4.69, 9.17) is 9.47 Å². The van der Waals surface area contributed by atoms with Gasteiger partial charge in [-0.1, -0.05) is 75.7 Å². The molecule has 0 spiro atoms. The molecule has 1 atom stereocenters. The number of nitrogens with one attached hydrogen (secondary N) is 1. The van der Waals surface area contributed by atoms with E-state index in [1.165, 1.54) is 5.56 Å². The van der Waals surface area contributed by atoms with Crippen molar-refractivity contribution in [3.63, 3.8) is 0 Å². The summed E-state index contributed by atoms with van der Waals surface area (Å²) in [5, 5.41) is 3.04. The molecule has 39 heavy (non-hydrogen) atoms. The summed E-state index contributed by atoms with van der Waals surface area (Å²) in [5.74, 6) is 1.20. The molecular formula is C32H39BrN2O4. The van der Waals surface area contributed by atoms with Gasteiger partial charge in [-0.15, -0.1) is 0 Å². The number of hydrogen-bond acceptors (Lipinski definition) is 4. The van der Waals surface area contributed by atoms with Crippen LogP contribution in [-0.4, -0.2) is 43.0 Å². The van der Waals surface area contributed by atoms with Crippen LogP contribution in [0.5, 0.6) is 11.5 Å². The molecule has 0 aliphatic carbocycles. The molecule has 0 saturated heterocycles. The number of methoxy groups -OCH3 is 1. The summed E-state index contributed by atoms with van der Waals surface area (Å²) in [4.78, 5) is 29.0. The summed E-state index contributed by atoms with van der Waals surface area (Å²) >= 11 is 3.58. The van der Waals surface area contributed by atoms with Crippen molar-refractivity contribution in [1.29, 1.82) is 0 Å². The van der Waals surface area contributed by atoms with Gasteiger partial charge in [0.15, 0.2) is 6.61 Å². The number of hydrogen-bond donors (Lipinski definition) is 1. The van der Waals surface area contributed by atoms with E-state index in [0.29, 0.717) is 30.4 Å². The van der Waals surface area contributed by atoms with Crippen LogP contribution >= 0.6 is 15.9 Å². The first-order chi connectivity index (χ1) is 18.8. The summed E-state index contributed by atoms with van der Waals surface area (Å²) in [6.45, 7) is 6.94. The maximum atomic E-state index is 13.8. The lowest BCUT2D eigenvalue weighted by atomic mass is 10.0. The number of nitrogens with zero attached hydrogens (tertiary/aromatic N) is 1. The maximum absolute atomic E-state index is 13.8. The third-order valence-corrected chi connectivity index (χ3v) is 7.18. The zero-order valence-electron chi connectivity index (χ0n) is 23.3. The first-order valence-electron chi connectivity index (χ1n) is 13.5. The molecule has 7 heteroatoms. The van der Waals surface area contributed by atoms with Gasteiger partial charge in [0.1, 0.15) is 17.5 Å². The molecule has 208 valence electrons.